The Morgan fingerprint density at radius 1 is 1.20 bits per heavy atom. The van der Waals surface area contributed by atoms with E-state index in [-0.39, 0.29) is 5.56 Å². The van der Waals surface area contributed by atoms with Crippen molar-refractivity contribution in [2.75, 3.05) is 5.32 Å². The minimum atomic E-state index is -0.537. The molecule has 20 heavy (non-hydrogen) atoms. The van der Waals surface area contributed by atoms with E-state index in [0.717, 1.165) is 11.3 Å². The molecule has 0 aliphatic carbocycles. The number of anilines is 1. The first kappa shape index (κ1) is 12.3. The van der Waals surface area contributed by atoms with Gasteiger partial charge in [0.15, 0.2) is 0 Å². The number of carbonyl (C=O) groups is 1. The van der Waals surface area contributed by atoms with Crippen molar-refractivity contribution >= 4 is 17.2 Å². The average molecular weight is 269 g/mol. The van der Waals surface area contributed by atoms with Crippen LogP contribution in [0.4, 0.5) is 10.1 Å². The lowest BCUT2D eigenvalue weighted by atomic mass is 10.2. The van der Waals surface area contributed by atoms with Crippen LogP contribution < -0.4 is 5.32 Å². The number of pyridine rings is 1. The summed E-state index contributed by atoms with van der Waals surface area (Å²) in [5, 5.41) is 2.67. The zero-order valence-corrected chi connectivity index (χ0v) is 10.8. The predicted molar refractivity (Wildman–Crippen MR) is 74.3 cm³/mol. The molecule has 0 saturated heterocycles. The van der Waals surface area contributed by atoms with Gasteiger partial charge in [-0.15, -0.1) is 0 Å². The number of aryl methyl sites for hydroxylation is 1. The Morgan fingerprint density at radius 2 is 2.00 bits per heavy atom. The molecule has 0 bridgehead atoms. The number of carbonyl (C=O) groups excluding carboxylic acids is 1. The Bertz CT molecular complexity index is 795. The van der Waals surface area contributed by atoms with Gasteiger partial charge in [-0.3, -0.25) is 4.79 Å². The quantitative estimate of drug-likeness (QED) is 0.777. The molecule has 0 atom stereocenters. The average Bonchev–Trinajstić information content (AvgIpc) is 2.78. The first-order valence-corrected chi connectivity index (χ1v) is 6.15. The highest BCUT2D eigenvalue weighted by atomic mass is 19.1. The smallest absolute Gasteiger partial charge is 0.258 e. The van der Waals surface area contributed by atoms with Crippen molar-refractivity contribution in [3.8, 4) is 0 Å². The summed E-state index contributed by atoms with van der Waals surface area (Å²) in [6.45, 7) is 1.89. The predicted octanol–water partition coefficient (Wildman–Crippen LogP) is 3.03. The van der Waals surface area contributed by atoms with Crippen molar-refractivity contribution in [1.82, 2.24) is 9.38 Å². The van der Waals surface area contributed by atoms with Crippen LogP contribution in [0.5, 0.6) is 0 Å². The summed E-state index contributed by atoms with van der Waals surface area (Å²) in [6.07, 6.45) is 3.60. The number of fused-ring (bicyclic) bond motifs is 1. The third-order valence-corrected chi connectivity index (χ3v) is 2.95. The van der Waals surface area contributed by atoms with Gasteiger partial charge in [-0.1, -0.05) is 12.1 Å². The Labute approximate surface area is 114 Å². The lowest BCUT2D eigenvalue weighted by Crippen LogP contribution is -2.13. The number of nitrogens with one attached hydrogen (secondary N) is 1. The van der Waals surface area contributed by atoms with E-state index in [2.05, 4.69) is 10.3 Å². The maximum atomic E-state index is 13.5. The van der Waals surface area contributed by atoms with E-state index in [1.54, 1.807) is 30.5 Å². The number of amides is 1. The van der Waals surface area contributed by atoms with E-state index in [1.807, 2.05) is 17.5 Å². The number of aromatic nitrogens is 2. The lowest BCUT2D eigenvalue weighted by molar-refractivity contribution is 0.102. The molecule has 0 unspecified atom stereocenters. The molecule has 0 spiro atoms. The highest BCUT2D eigenvalue weighted by Crippen LogP contribution is 2.14. The van der Waals surface area contributed by atoms with Crippen LogP contribution in [0.1, 0.15) is 16.1 Å². The van der Waals surface area contributed by atoms with Crippen LogP contribution in [0, 0.1) is 12.7 Å². The summed E-state index contributed by atoms with van der Waals surface area (Å²) in [6, 6.07) is 9.42. The topological polar surface area (TPSA) is 46.4 Å². The largest absolute Gasteiger partial charge is 0.321 e. The fourth-order valence-electron chi connectivity index (χ4n) is 2.04. The van der Waals surface area contributed by atoms with Gasteiger partial charge in [-0.05, 0) is 31.2 Å². The van der Waals surface area contributed by atoms with Crippen molar-refractivity contribution in [2.45, 2.75) is 6.92 Å². The number of halogens is 1. The van der Waals surface area contributed by atoms with Gasteiger partial charge in [-0.2, -0.15) is 0 Å². The molecule has 2 heterocycles. The van der Waals surface area contributed by atoms with E-state index in [1.165, 1.54) is 12.1 Å². The van der Waals surface area contributed by atoms with Crippen molar-refractivity contribution in [1.29, 1.82) is 0 Å². The molecule has 3 rings (SSSR count). The zero-order chi connectivity index (χ0) is 14.1. The molecule has 0 fully saturated rings. The second kappa shape index (κ2) is 4.77. The summed E-state index contributed by atoms with van der Waals surface area (Å²) < 4.78 is 15.3. The van der Waals surface area contributed by atoms with E-state index >= 15 is 0 Å². The summed E-state index contributed by atoms with van der Waals surface area (Å²) >= 11 is 0. The van der Waals surface area contributed by atoms with Crippen LogP contribution >= 0.6 is 0 Å². The lowest BCUT2D eigenvalue weighted by Gasteiger charge is -2.06. The van der Waals surface area contributed by atoms with Gasteiger partial charge >= 0.3 is 0 Å². The van der Waals surface area contributed by atoms with Gasteiger partial charge in [-0.25, -0.2) is 9.37 Å². The minimum absolute atomic E-state index is 0.0226. The van der Waals surface area contributed by atoms with Gasteiger partial charge in [0.25, 0.3) is 5.91 Å². The van der Waals surface area contributed by atoms with Gasteiger partial charge in [0.2, 0.25) is 0 Å². The summed E-state index contributed by atoms with van der Waals surface area (Å²) in [7, 11) is 0. The highest BCUT2D eigenvalue weighted by Gasteiger charge is 2.11. The number of nitrogens with zero attached hydrogens (tertiary/aromatic N) is 2. The molecule has 0 saturated carbocycles. The second-order valence-corrected chi connectivity index (χ2v) is 4.50. The summed E-state index contributed by atoms with van der Waals surface area (Å²) in [5.41, 5.74) is 2.30. The normalized spacial score (nSPS) is 10.7. The Morgan fingerprint density at radius 3 is 2.80 bits per heavy atom. The van der Waals surface area contributed by atoms with Crippen LogP contribution in [-0.4, -0.2) is 15.3 Å². The number of hydrogen-bond acceptors (Lipinski definition) is 2. The molecule has 0 radical (unpaired) electrons. The maximum Gasteiger partial charge on any atom is 0.258 e. The van der Waals surface area contributed by atoms with E-state index in [0.29, 0.717) is 5.69 Å². The van der Waals surface area contributed by atoms with E-state index in [4.69, 9.17) is 0 Å². The third-order valence-electron chi connectivity index (χ3n) is 2.95. The Balaban J connectivity index is 1.89. The number of imidazole rings is 1. The summed E-state index contributed by atoms with van der Waals surface area (Å²) in [5.74, 6) is -1.01. The van der Waals surface area contributed by atoms with Crippen LogP contribution in [-0.2, 0) is 0 Å². The number of rotatable bonds is 2. The van der Waals surface area contributed by atoms with Crippen LogP contribution in [0.2, 0.25) is 0 Å². The molecule has 2 aromatic heterocycles. The van der Waals surface area contributed by atoms with Crippen molar-refractivity contribution in [3.63, 3.8) is 0 Å². The standard InChI is InChI=1S/C15H12FN3O/c1-10-8-19-9-11(6-7-14(19)17-10)18-15(20)12-4-2-3-5-13(12)16/h2-9H,1H3,(H,18,20). The molecule has 1 N–H and O–H groups in total. The fraction of sp³-hybridized carbons (Fsp3) is 0.0667. The van der Waals surface area contributed by atoms with Gasteiger partial charge in [0, 0.05) is 12.4 Å². The van der Waals surface area contributed by atoms with Gasteiger partial charge in [0.1, 0.15) is 11.5 Å². The number of hydrogen-bond donors (Lipinski definition) is 1. The van der Waals surface area contributed by atoms with Crippen molar-refractivity contribution in [2.24, 2.45) is 0 Å². The third kappa shape index (κ3) is 2.25. The van der Waals surface area contributed by atoms with E-state index in [9.17, 15) is 9.18 Å². The molecule has 3 aromatic rings. The molecular weight excluding hydrogens is 257 g/mol. The first-order chi connectivity index (χ1) is 9.63. The van der Waals surface area contributed by atoms with Gasteiger partial charge < -0.3 is 9.72 Å². The molecule has 1 aromatic carbocycles. The second-order valence-electron chi connectivity index (χ2n) is 4.50. The molecule has 0 aliphatic heterocycles. The molecule has 1 amide bonds. The zero-order valence-electron chi connectivity index (χ0n) is 10.8. The maximum absolute atomic E-state index is 13.5. The first-order valence-electron chi connectivity index (χ1n) is 6.15. The highest BCUT2D eigenvalue weighted by molar-refractivity contribution is 6.04. The fourth-order valence-corrected chi connectivity index (χ4v) is 2.04. The van der Waals surface area contributed by atoms with Crippen LogP contribution in [0.25, 0.3) is 5.65 Å². The van der Waals surface area contributed by atoms with E-state index < -0.39 is 11.7 Å². The van der Waals surface area contributed by atoms with Crippen molar-refractivity contribution < 1.29 is 9.18 Å². The SMILES string of the molecule is Cc1cn2cc(NC(=O)c3ccccc3F)ccc2n1. The monoisotopic (exact) mass is 269 g/mol. The van der Waals surface area contributed by atoms with Crippen LogP contribution in [0.3, 0.4) is 0 Å². The molecular formula is C15H12FN3O. The van der Waals surface area contributed by atoms with Gasteiger partial charge in [0.05, 0.1) is 16.9 Å². The minimum Gasteiger partial charge on any atom is -0.321 e. The Kier molecular flexibility index (Phi) is 2.95. The molecule has 100 valence electrons. The van der Waals surface area contributed by atoms with Crippen molar-refractivity contribution in [3.05, 3.63) is 65.9 Å². The summed E-state index contributed by atoms with van der Waals surface area (Å²) in [4.78, 5) is 16.3. The Hall–Kier alpha value is -2.69. The molecule has 0 aliphatic rings. The number of benzene rings is 1. The molecule has 4 nitrogen and oxygen atoms in total. The van der Waals surface area contributed by atoms with Crippen LogP contribution in [0.15, 0.2) is 48.8 Å². The molecule has 5 heteroatoms.